The quantitative estimate of drug-likeness (QED) is 0.524. The molecule has 1 aliphatic rings. The zero-order chi connectivity index (χ0) is 16.3. The van der Waals surface area contributed by atoms with Gasteiger partial charge in [0.25, 0.3) is 11.8 Å². The Morgan fingerprint density at radius 3 is 2.45 bits per heavy atom. The summed E-state index contributed by atoms with van der Waals surface area (Å²) in [5.41, 5.74) is 0.596. The highest BCUT2D eigenvalue weighted by atomic mass is 35.5. The number of amides is 2. The molecule has 0 radical (unpaired) electrons. The Balaban J connectivity index is 2.35. The number of nitrogens with zero attached hydrogens (tertiary/aromatic N) is 1. The summed E-state index contributed by atoms with van der Waals surface area (Å²) < 4.78 is 0. The molecule has 0 aromatic heterocycles. The summed E-state index contributed by atoms with van der Waals surface area (Å²) in [5.74, 6) is -0.620. The molecule has 0 aliphatic carbocycles. The number of halogens is 1. The predicted molar refractivity (Wildman–Crippen MR) is 91.7 cm³/mol. The number of nitrogens with one attached hydrogen (secondary N) is 1. The minimum absolute atomic E-state index is 0.0421. The summed E-state index contributed by atoms with van der Waals surface area (Å²) in [6.45, 7) is 4.01. The average molecular weight is 335 g/mol. The number of allylic oxidation sites excluding steroid dienone is 3. The van der Waals surface area contributed by atoms with Gasteiger partial charge in [-0.15, -0.1) is 0 Å². The number of rotatable bonds is 3. The first-order valence-electron chi connectivity index (χ1n) is 6.74. The predicted octanol–water partition coefficient (Wildman–Crippen LogP) is 3.23. The van der Waals surface area contributed by atoms with E-state index in [2.05, 4.69) is 5.32 Å². The number of carbonyl (C=O) groups excluding carboxylic acids is 2. The smallest absolute Gasteiger partial charge is 0.270 e. The maximum atomic E-state index is 12.5. The second kappa shape index (κ2) is 6.85. The molecule has 0 unspecified atom stereocenters. The Kier molecular flexibility index (Phi) is 5.11. The molecular formula is C16H15ClN2O2S. The number of hydrogen-bond donors (Lipinski definition) is 1. The largest absolute Gasteiger partial charge is 0.298 e. The molecule has 1 aromatic carbocycles. The molecule has 6 heteroatoms. The lowest BCUT2D eigenvalue weighted by molar-refractivity contribution is -0.122. The summed E-state index contributed by atoms with van der Waals surface area (Å²) >= 11 is 10.9. The van der Waals surface area contributed by atoms with Gasteiger partial charge in [0.15, 0.2) is 5.11 Å². The van der Waals surface area contributed by atoms with Gasteiger partial charge in [0.2, 0.25) is 0 Å². The Morgan fingerprint density at radius 2 is 1.86 bits per heavy atom. The van der Waals surface area contributed by atoms with Gasteiger partial charge in [0, 0.05) is 5.02 Å². The van der Waals surface area contributed by atoms with Crippen molar-refractivity contribution in [1.82, 2.24) is 5.32 Å². The topological polar surface area (TPSA) is 49.4 Å². The van der Waals surface area contributed by atoms with Crippen molar-refractivity contribution < 1.29 is 9.59 Å². The highest BCUT2D eigenvalue weighted by molar-refractivity contribution is 7.80. The van der Waals surface area contributed by atoms with Crippen molar-refractivity contribution >= 4 is 46.4 Å². The van der Waals surface area contributed by atoms with Crippen LogP contribution in [-0.4, -0.2) is 16.9 Å². The normalized spacial score (nSPS) is 17.7. The van der Waals surface area contributed by atoms with Gasteiger partial charge in [0.05, 0.1) is 5.69 Å². The summed E-state index contributed by atoms with van der Waals surface area (Å²) in [7, 11) is 0. The van der Waals surface area contributed by atoms with Gasteiger partial charge in [-0.2, -0.15) is 0 Å². The minimum Gasteiger partial charge on any atom is -0.298 e. The Hall–Kier alpha value is -1.98. The summed E-state index contributed by atoms with van der Waals surface area (Å²) in [6, 6.07) is 6.66. The van der Waals surface area contributed by atoms with Crippen LogP contribution in [0.25, 0.3) is 0 Å². The van der Waals surface area contributed by atoms with Crippen molar-refractivity contribution in [3.05, 3.63) is 53.1 Å². The number of benzene rings is 1. The van der Waals surface area contributed by atoms with E-state index < -0.39 is 11.8 Å². The van der Waals surface area contributed by atoms with Gasteiger partial charge in [-0.05, 0) is 48.5 Å². The lowest BCUT2D eigenvalue weighted by atomic mass is 10.1. The lowest BCUT2D eigenvalue weighted by Gasteiger charge is -2.28. The molecule has 0 bridgehead atoms. The second-order valence-corrected chi connectivity index (χ2v) is 5.91. The van der Waals surface area contributed by atoms with Gasteiger partial charge in [0.1, 0.15) is 5.57 Å². The highest BCUT2D eigenvalue weighted by Crippen LogP contribution is 2.22. The third kappa shape index (κ3) is 3.61. The van der Waals surface area contributed by atoms with Crippen molar-refractivity contribution in [2.45, 2.75) is 13.8 Å². The van der Waals surface area contributed by atoms with Gasteiger partial charge >= 0.3 is 0 Å². The van der Waals surface area contributed by atoms with Crippen LogP contribution in [0.2, 0.25) is 5.02 Å². The molecule has 1 N–H and O–H groups in total. The van der Waals surface area contributed by atoms with Crippen molar-refractivity contribution in [3.63, 3.8) is 0 Å². The highest BCUT2D eigenvalue weighted by Gasteiger charge is 2.33. The van der Waals surface area contributed by atoms with Crippen LogP contribution in [0.4, 0.5) is 5.69 Å². The van der Waals surface area contributed by atoms with Crippen LogP contribution in [0, 0.1) is 5.92 Å². The van der Waals surface area contributed by atoms with Gasteiger partial charge < -0.3 is 0 Å². The fourth-order valence-corrected chi connectivity index (χ4v) is 2.28. The second-order valence-electron chi connectivity index (χ2n) is 5.09. The van der Waals surface area contributed by atoms with Crippen LogP contribution < -0.4 is 10.2 Å². The summed E-state index contributed by atoms with van der Waals surface area (Å²) in [5, 5.41) is 3.14. The van der Waals surface area contributed by atoms with Crippen LogP contribution >= 0.6 is 23.8 Å². The molecule has 2 rings (SSSR count). The fourth-order valence-electron chi connectivity index (χ4n) is 1.88. The van der Waals surface area contributed by atoms with Gasteiger partial charge in [-0.25, -0.2) is 0 Å². The monoisotopic (exact) mass is 334 g/mol. The molecule has 22 heavy (non-hydrogen) atoms. The van der Waals surface area contributed by atoms with Crippen molar-refractivity contribution in [3.8, 4) is 0 Å². The molecule has 1 saturated heterocycles. The summed E-state index contributed by atoms with van der Waals surface area (Å²) in [6.07, 6.45) is 5.10. The van der Waals surface area contributed by atoms with Crippen molar-refractivity contribution in [2.75, 3.05) is 4.90 Å². The zero-order valence-corrected chi connectivity index (χ0v) is 13.7. The SMILES string of the molecule is CC(C)/C=C/C=C1/C(=O)NC(=S)N(c2ccc(Cl)cc2)C1=O. The van der Waals surface area contributed by atoms with Crippen LogP contribution in [0.3, 0.4) is 0 Å². The average Bonchev–Trinajstić information content (AvgIpc) is 2.44. The molecule has 0 spiro atoms. The molecule has 1 fully saturated rings. The van der Waals surface area contributed by atoms with E-state index in [1.54, 1.807) is 30.3 Å². The van der Waals surface area contributed by atoms with E-state index in [9.17, 15) is 9.59 Å². The first-order chi connectivity index (χ1) is 10.4. The first kappa shape index (κ1) is 16.4. The zero-order valence-electron chi connectivity index (χ0n) is 12.2. The van der Waals surface area contributed by atoms with E-state index in [0.29, 0.717) is 16.6 Å². The molecule has 4 nitrogen and oxygen atoms in total. The maximum Gasteiger partial charge on any atom is 0.270 e. The fraction of sp³-hybridized carbons (Fsp3) is 0.188. The Morgan fingerprint density at radius 1 is 1.23 bits per heavy atom. The number of thiocarbonyl (C=S) groups is 1. The number of carbonyl (C=O) groups is 2. The first-order valence-corrected chi connectivity index (χ1v) is 7.52. The molecule has 1 aromatic rings. The van der Waals surface area contributed by atoms with Gasteiger partial charge in [-0.1, -0.05) is 37.6 Å². The van der Waals surface area contributed by atoms with E-state index in [4.69, 9.17) is 23.8 Å². The maximum absolute atomic E-state index is 12.5. The molecule has 2 amide bonds. The van der Waals surface area contributed by atoms with E-state index in [1.165, 1.54) is 11.0 Å². The minimum atomic E-state index is -0.492. The summed E-state index contributed by atoms with van der Waals surface area (Å²) in [4.78, 5) is 25.8. The van der Waals surface area contributed by atoms with Crippen LogP contribution in [-0.2, 0) is 9.59 Å². The molecule has 0 saturated carbocycles. The third-order valence-corrected chi connectivity index (χ3v) is 3.48. The van der Waals surface area contributed by atoms with Crippen molar-refractivity contribution in [2.24, 2.45) is 5.92 Å². The van der Waals surface area contributed by atoms with E-state index in [0.717, 1.165) is 0 Å². The van der Waals surface area contributed by atoms with Crippen LogP contribution in [0.5, 0.6) is 0 Å². The van der Waals surface area contributed by atoms with E-state index in [1.807, 2.05) is 19.9 Å². The lowest BCUT2D eigenvalue weighted by Crippen LogP contribution is -2.54. The van der Waals surface area contributed by atoms with Crippen molar-refractivity contribution in [1.29, 1.82) is 0 Å². The number of hydrogen-bond acceptors (Lipinski definition) is 3. The molecule has 1 heterocycles. The van der Waals surface area contributed by atoms with E-state index >= 15 is 0 Å². The molecule has 114 valence electrons. The molecule has 0 atom stereocenters. The van der Waals surface area contributed by atoms with Crippen LogP contribution in [0.1, 0.15) is 13.8 Å². The standard InChI is InChI=1S/C16H15ClN2O2S/c1-10(2)4-3-5-13-14(20)18-16(22)19(15(13)21)12-8-6-11(17)7-9-12/h3-10H,1-2H3,(H,18,20,22)/b4-3+,13-5-. The number of anilines is 1. The Labute approximate surface area is 139 Å². The Bertz CT molecular complexity index is 678. The van der Waals surface area contributed by atoms with E-state index in [-0.39, 0.29) is 10.7 Å². The van der Waals surface area contributed by atoms with Gasteiger partial charge in [-0.3, -0.25) is 19.8 Å². The molecule has 1 aliphatic heterocycles. The third-order valence-electron chi connectivity index (χ3n) is 2.95. The molecular weight excluding hydrogens is 320 g/mol. The van der Waals surface area contributed by atoms with Crippen LogP contribution in [0.15, 0.2) is 48.1 Å².